The van der Waals surface area contributed by atoms with Crippen molar-refractivity contribution in [1.82, 2.24) is 4.98 Å². The molecule has 2 fully saturated rings. The fraction of sp³-hybridized carbons (Fsp3) is 0.688. The Kier molecular flexibility index (Phi) is 2.87. The van der Waals surface area contributed by atoms with Crippen LogP contribution in [0.3, 0.4) is 0 Å². The summed E-state index contributed by atoms with van der Waals surface area (Å²) in [6.07, 6.45) is 5.77. The Balaban J connectivity index is 1.88. The normalized spacial score (nSPS) is 35.6. The number of pyridine rings is 1. The molecule has 1 aromatic heterocycles. The molecule has 1 N–H and O–H groups in total. The molecule has 2 aliphatic rings. The van der Waals surface area contributed by atoms with Crippen LogP contribution in [0.5, 0.6) is 0 Å². The Hall–Kier alpha value is -0.760. The average Bonchev–Trinajstić information content (AvgIpc) is 2.67. The molecule has 3 rings (SSSR count). The van der Waals surface area contributed by atoms with Gasteiger partial charge in [-0.2, -0.15) is 0 Å². The summed E-state index contributed by atoms with van der Waals surface area (Å²) in [7, 11) is 0. The second-order valence-corrected chi connectivity index (χ2v) is 7.52. The van der Waals surface area contributed by atoms with Crippen LogP contribution in [-0.4, -0.2) is 11.0 Å². The molecule has 2 nitrogen and oxygen atoms in total. The molecular weight excluding hydrogens is 256 g/mol. The SMILES string of the molecule is Cc1cnc(Cl)c(NC2CC3CCC2(C)C3(C)C)c1. The maximum atomic E-state index is 6.22. The molecule has 19 heavy (non-hydrogen) atoms. The molecular formula is C16H23ClN2. The van der Waals surface area contributed by atoms with Crippen molar-refractivity contribution in [3.05, 3.63) is 23.0 Å². The van der Waals surface area contributed by atoms with E-state index in [-0.39, 0.29) is 0 Å². The summed E-state index contributed by atoms with van der Waals surface area (Å²) in [4.78, 5) is 4.24. The van der Waals surface area contributed by atoms with Gasteiger partial charge in [-0.05, 0) is 54.6 Å². The Morgan fingerprint density at radius 3 is 2.68 bits per heavy atom. The van der Waals surface area contributed by atoms with E-state index in [1.165, 1.54) is 19.3 Å². The second kappa shape index (κ2) is 4.12. The molecule has 3 atom stereocenters. The first-order valence-corrected chi connectivity index (χ1v) is 7.61. The highest BCUT2D eigenvalue weighted by Crippen LogP contribution is 2.65. The summed E-state index contributed by atoms with van der Waals surface area (Å²) in [5.41, 5.74) is 2.94. The molecule has 0 saturated heterocycles. The van der Waals surface area contributed by atoms with Gasteiger partial charge in [0.1, 0.15) is 0 Å². The van der Waals surface area contributed by atoms with Gasteiger partial charge in [-0.1, -0.05) is 32.4 Å². The number of hydrogen-bond acceptors (Lipinski definition) is 2. The quantitative estimate of drug-likeness (QED) is 0.795. The molecule has 104 valence electrons. The standard InChI is InChI=1S/C16H23ClN2/c1-10-7-12(14(17)18-9-10)19-13-8-11-5-6-16(13,4)15(11,2)3/h7,9,11,13,19H,5-6,8H2,1-4H3. The van der Waals surface area contributed by atoms with Crippen LogP contribution in [0.2, 0.25) is 5.15 Å². The molecule has 3 unspecified atom stereocenters. The largest absolute Gasteiger partial charge is 0.379 e. The maximum absolute atomic E-state index is 6.22. The number of anilines is 1. The van der Waals surface area contributed by atoms with E-state index >= 15 is 0 Å². The van der Waals surface area contributed by atoms with Crippen LogP contribution in [0.4, 0.5) is 5.69 Å². The lowest BCUT2D eigenvalue weighted by Gasteiger charge is -2.40. The van der Waals surface area contributed by atoms with Gasteiger partial charge in [0.25, 0.3) is 0 Å². The Bertz CT molecular complexity index is 511. The van der Waals surface area contributed by atoms with Crippen LogP contribution < -0.4 is 5.32 Å². The number of halogens is 1. The van der Waals surface area contributed by atoms with Gasteiger partial charge in [-0.25, -0.2) is 4.98 Å². The third kappa shape index (κ3) is 1.79. The highest BCUT2D eigenvalue weighted by molar-refractivity contribution is 6.32. The van der Waals surface area contributed by atoms with Crippen molar-refractivity contribution in [2.45, 2.75) is 53.0 Å². The number of aryl methyl sites for hydroxylation is 1. The van der Waals surface area contributed by atoms with Gasteiger partial charge in [-0.15, -0.1) is 0 Å². The van der Waals surface area contributed by atoms with Crippen LogP contribution in [-0.2, 0) is 0 Å². The van der Waals surface area contributed by atoms with E-state index in [1.807, 2.05) is 6.20 Å². The number of nitrogens with one attached hydrogen (secondary N) is 1. The number of hydrogen-bond donors (Lipinski definition) is 1. The van der Waals surface area contributed by atoms with Gasteiger partial charge in [-0.3, -0.25) is 0 Å². The maximum Gasteiger partial charge on any atom is 0.152 e. The van der Waals surface area contributed by atoms with E-state index < -0.39 is 0 Å². The summed E-state index contributed by atoms with van der Waals surface area (Å²) in [6, 6.07) is 2.62. The van der Waals surface area contributed by atoms with Gasteiger partial charge in [0.15, 0.2) is 5.15 Å². The number of fused-ring (bicyclic) bond motifs is 2. The molecule has 0 radical (unpaired) electrons. The van der Waals surface area contributed by atoms with Crippen LogP contribution in [0.25, 0.3) is 0 Å². The number of aromatic nitrogens is 1. The molecule has 3 heteroatoms. The van der Waals surface area contributed by atoms with Gasteiger partial charge < -0.3 is 5.32 Å². The minimum absolute atomic E-state index is 0.366. The van der Waals surface area contributed by atoms with E-state index in [0.717, 1.165) is 17.2 Å². The van der Waals surface area contributed by atoms with E-state index in [1.54, 1.807) is 0 Å². The van der Waals surface area contributed by atoms with Gasteiger partial charge in [0, 0.05) is 12.2 Å². The van der Waals surface area contributed by atoms with Crippen molar-refractivity contribution in [2.75, 3.05) is 5.32 Å². The Morgan fingerprint density at radius 1 is 1.37 bits per heavy atom. The molecule has 0 spiro atoms. The van der Waals surface area contributed by atoms with E-state index in [0.29, 0.717) is 22.0 Å². The minimum atomic E-state index is 0.366. The van der Waals surface area contributed by atoms with Crippen molar-refractivity contribution in [2.24, 2.45) is 16.7 Å². The highest BCUT2D eigenvalue weighted by atomic mass is 35.5. The topological polar surface area (TPSA) is 24.9 Å². The third-order valence-electron chi connectivity index (χ3n) is 6.10. The van der Waals surface area contributed by atoms with Crippen molar-refractivity contribution in [1.29, 1.82) is 0 Å². The zero-order valence-electron chi connectivity index (χ0n) is 12.3. The molecule has 1 heterocycles. The molecule has 0 aliphatic heterocycles. The molecule has 2 aliphatic carbocycles. The number of rotatable bonds is 2. The van der Waals surface area contributed by atoms with Crippen LogP contribution >= 0.6 is 11.6 Å². The van der Waals surface area contributed by atoms with Crippen molar-refractivity contribution >= 4 is 17.3 Å². The van der Waals surface area contributed by atoms with E-state index in [4.69, 9.17) is 11.6 Å². The van der Waals surface area contributed by atoms with Gasteiger partial charge in [0.2, 0.25) is 0 Å². The number of nitrogens with zero attached hydrogens (tertiary/aromatic N) is 1. The fourth-order valence-electron chi connectivity index (χ4n) is 4.26. The highest BCUT2D eigenvalue weighted by Gasteiger charge is 2.61. The zero-order valence-corrected chi connectivity index (χ0v) is 13.0. The fourth-order valence-corrected chi connectivity index (χ4v) is 4.42. The van der Waals surface area contributed by atoms with E-state index in [9.17, 15) is 0 Å². The van der Waals surface area contributed by atoms with Crippen molar-refractivity contribution < 1.29 is 0 Å². The summed E-state index contributed by atoms with van der Waals surface area (Å²) in [5.74, 6) is 0.839. The Morgan fingerprint density at radius 2 is 2.11 bits per heavy atom. The lowest BCUT2D eigenvalue weighted by Crippen LogP contribution is -2.40. The Labute approximate surface area is 121 Å². The predicted molar refractivity (Wildman–Crippen MR) is 80.6 cm³/mol. The van der Waals surface area contributed by atoms with Gasteiger partial charge >= 0.3 is 0 Å². The molecule has 2 saturated carbocycles. The first-order valence-electron chi connectivity index (χ1n) is 7.23. The molecule has 1 aromatic rings. The minimum Gasteiger partial charge on any atom is -0.379 e. The van der Waals surface area contributed by atoms with Crippen LogP contribution in [0.1, 0.15) is 45.6 Å². The van der Waals surface area contributed by atoms with Gasteiger partial charge in [0.05, 0.1) is 5.69 Å². The van der Waals surface area contributed by atoms with Crippen LogP contribution in [0, 0.1) is 23.7 Å². The smallest absolute Gasteiger partial charge is 0.152 e. The van der Waals surface area contributed by atoms with Crippen molar-refractivity contribution in [3.63, 3.8) is 0 Å². The van der Waals surface area contributed by atoms with Crippen LogP contribution in [0.15, 0.2) is 12.3 Å². The molecule has 0 aromatic carbocycles. The first-order chi connectivity index (χ1) is 8.84. The van der Waals surface area contributed by atoms with E-state index in [2.05, 4.69) is 44.1 Å². The molecule has 2 bridgehead atoms. The molecule has 0 amide bonds. The van der Waals surface area contributed by atoms with Crippen molar-refractivity contribution in [3.8, 4) is 0 Å². The lowest BCUT2D eigenvalue weighted by molar-refractivity contribution is 0.142. The second-order valence-electron chi connectivity index (χ2n) is 7.16. The average molecular weight is 279 g/mol. The summed E-state index contributed by atoms with van der Waals surface area (Å²) < 4.78 is 0. The summed E-state index contributed by atoms with van der Waals surface area (Å²) >= 11 is 6.22. The predicted octanol–water partition coefficient (Wildman–Crippen LogP) is 4.67. The summed E-state index contributed by atoms with van der Waals surface area (Å²) in [6.45, 7) is 9.36. The monoisotopic (exact) mass is 278 g/mol. The lowest BCUT2D eigenvalue weighted by atomic mass is 9.69. The zero-order chi connectivity index (χ0) is 13.8. The third-order valence-corrected chi connectivity index (χ3v) is 6.40. The first kappa shape index (κ1) is 13.2. The summed E-state index contributed by atoms with van der Waals surface area (Å²) in [5, 5.41) is 4.28.